The summed E-state index contributed by atoms with van der Waals surface area (Å²) in [4.78, 5) is 36.3. The van der Waals surface area contributed by atoms with Crippen molar-refractivity contribution >= 4 is 23.2 Å². The summed E-state index contributed by atoms with van der Waals surface area (Å²) in [6.45, 7) is 5.56. The molecule has 3 aromatic rings. The van der Waals surface area contributed by atoms with Crippen molar-refractivity contribution in [3.63, 3.8) is 0 Å². The number of hydrogen-bond donors (Lipinski definition) is 0. The van der Waals surface area contributed by atoms with Crippen LogP contribution in [0.5, 0.6) is 0 Å². The van der Waals surface area contributed by atoms with Gasteiger partial charge >= 0.3 is 0 Å². The van der Waals surface area contributed by atoms with Crippen LogP contribution in [0.2, 0.25) is 0 Å². The molecule has 0 unspecified atom stereocenters. The minimum atomic E-state index is -0.0000473. The fourth-order valence-corrected chi connectivity index (χ4v) is 4.97. The molecule has 6 nitrogen and oxygen atoms in total. The van der Waals surface area contributed by atoms with E-state index >= 15 is 0 Å². The number of piperazine rings is 1. The molecule has 0 bridgehead atoms. The number of aromatic nitrogens is 1. The summed E-state index contributed by atoms with van der Waals surface area (Å²) in [5, 5.41) is 0.948. The van der Waals surface area contributed by atoms with Gasteiger partial charge < -0.3 is 9.80 Å². The highest BCUT2D eigenvalue weighted by molar-refractivity contribution is 7.13. The van der Waals surface area contributed by atoms with Gasteiger partial charge in [0, 0.05) is 45.8 Å². The second-order valence-electron chi connectivity index (χ2n) is 8.23. The number of amides is 2. The summed E-state index contributed by atoms with van der Waals surface area (Å²) in [6.07, 6.45) is 0. The van der Waals surface area contributed by atoms with E-state index in [1.165, 1.54) is 11.3 Å². The van der Waals surface area contributed by atoms with Crippen molar-refractivity contribution < 1.29 is 9.59 Å². The van der Waals surface area contributed by atoms with Gasteiger partial charge in [-0.2, -0.15) is 0 Å². The van der Waals surface area contributed by atoms with Crippen molar-refractivity contribution in [3.05, 3.63) is 75.7 Å². The van der Waals surface area contributed by atoms with Crippen molar-refractivity contribution in [1.82, 2.24) is 19.7 Å². The van der Waals surface area contributed by atoms with E-state index in [1.54, 1.807) is 19.0 Å². The normalized spacial score (nSPS) is 14.4. The fourth-order valence-electron chi connectivity index (χ4n) is 3.84. The minimum Gasteiger partial charge on any atom is -0.344 e. The number of nitrogens with zero attached hydrogens (tertiary/aromatic N) is 4. The van der Waals surface area contributed by atoms with Crippen LogP contribution >= 0.6 is 11.3 Å². The molecule has 0 N–H and O–H groups in total. The Morgan fingerprint density at radius 3 is 2.19 bits per heavy atom. The summed E-state index contributed by atoms with van der Waals surface area (Å²) in [5.41, 5.74) is 3.77. The van der Waals surface area contributed by atoms with Crippen molar-refractivity contribution in [2.24, 2.45) is 0 Å². The lowest BCUT2D eigenvalue weighted by Crippen LogP contribution is -2.48. The largest absolute Gasteiger partial charge is 0.344 e. The van der Waals surface area contributed by atoms with Gasteiger partial charge in [-0.1, -0.05) is 42.5 Å². The first-order chi connectivity index (χ1) is 15.4. The van der Waals surface area contributed by atoms with Gasteiger partial charge in [-0.25, -0.2) is 4.98 Å². The Morgan fingerprint density at radius 2 is 1.56 bits per heavy atom. The van der Waals surface area contributed by atoms with Gasteiger partial charge in [0.25, 0.3) is 11.8 Å². The lowest BCUT2D eigenvalue weighted by atomic mass is 10.0. The number of rotatable bonds is 5. The zero-order valence-corrected chi connectivity index (χ0v) is 19.6. The lowest BCUT2D eigenvalue weighted by molar-refractivity contribution is 0.0628. The molecule has 1 aliphatic heterocycles. The fraction of sp³-hybridized carbons (Fsp3) is 0.320. The van der Waals surface area contributed by atoms with Gasteiger partial charge in [0.2, 0.25) is 0 Å². The average molecular weight is 449 g/mol. The van der Waals surface area contributed by atoms with E-state index in [4.69, 9.17) is 0 Å². The number of carbonyl (C=O) groups excluding carboxylic acids is 2. The SMILES string of the molecule is Cc1nc(CN2CCN(C(=O)c3ccc(-c4ccccc4)cc3)CC2)sc1C(=O)N(C)C. The van der Waals surface area contributed by atoms with E-state index < -0.39 is 0 Å². The van der Waals surface area contributed by atoms with Crippen molar-refractivity contribution in [2.75, 3.05) is 40.3 Å². The Bertz CT molecular complexity index is 1080. The van der Waals surface area contributed by atoms with Gasteiger partial charge in [0.05, 0.1) is 12.2 Å². The first-order valence-corrected chi connectivity index (χ1v) is 11.6. The van der Waals surface area contributed by atoms with E-state index in [-0.39, 0.29) is 11.8 Å². The van der Waals surface area contributed by atoms with Crippen LogP contribution in [-0.4, -0.2) is 71.8 Å². The Kier molecular flexibility index (Phi) is 6.67. The maximum atomic E-state index is 13.0. The molecule has 0 radical (unpaired) electrons. The zero-order chi connectivity index (χ0) is 22.7. The lowest BCUT2D eigenvalue weighted by Gasteiger charge is -2.34. The first kappa shape index (κ1) is 22.2. The molecule has 2 aromatic carbocycles. The smallest absolute Gasteiger partial charge is 0.265 e. The Balaban J connectivity index is 1.33. The summed E-state index contributed by atoms with van der Waals surface area (Å²) in [7, 11) is 3.51. The van der Waals surface area contributed by atoms with Crippen LogP contribution in [0.1, 0.15) is 30.7 Å². The highest BCUT2D eigenvalue weighted by atomic mass is 32.1. The van der Waals surface area contributed by atoms with Crippen LogP contribution in [0.25, 0.3) is 11.1 Å². The van der Waals surface area contributed by atoms with E-state index in [0.29, 0.717) is 24.5 Å². The summed E-state index contributed by atoms with van der Waals surface area (Å²) in [6, 6.07) is 18.0. The molecule has 0 saturated carbocycles. The summed E-state index contributed by atoms with van der Waals surface area (Å²) in [5.74, 6) is 0.0770. The zero-order valence-electron chi connectivity index (χ0n) is 18.7. The molecule has 1 aliphatic rings. The van der Waals surface area contributed by atoms with Crippen LogP contribution in [0.15, 0.2) is 54.6 Å². The highest BCUT2D eigenvalue weighted by Gasteiger charge is 2.24. The molecule has 7 heteroatoms. The number of hydrogen-bond acceptors (Lipinski definition) is 5. The molecule has 1 saturated heterocycles. The third-order valence-corrected chi connectivity index (χ3v) is 6.83. The summed E-state index contributed by atoms with van der Waals surface area (Å²) < 4.78 is 0. The molecule has 0 aliphatic carbocycles. The predicted molar refractivity (Wildman–Crippen MR) is 128 cm³/mol. The Hall–Kier alpha value is -3.03. The average Bonchev–Trinajstić information content (AvgIpc) is 3.19. The monoisotopic (exact) mass is 448 g/mol. The molecule has 0 spiro atoms. The van der Waals surface area contributed by atoms with Gasteiger partial charge in [0.15, 0.2) is 0 Å². The van der Waals surface area contributed by atoms with E-state index in [9.17, 15) is 9.59 Å². The number of carbonyl (C=O) groups is 2. The predicted octanol–water partition coefficient (Wildman–Crippen LogP) is 3.78. The molecule has 1 fully saturated rings. The molecule has 1 aromatic heterocycles. The third-order valence-electron chi connectivity index (χ3n) is 5.70. The number of thiazole rings is 1. The second kappa shape index (κ2) is 9.63. The summed E-state index contributed by atoms with van der Waals surface area (Å²) >= 11 is 1.47. The quantitative estimate of drug-likeness (QED) is 0.596. The second-order valence-corrected chi connectivity index (χ2v) is 9.32. The van der Waals surface area contributed by atoms with Gasteiger partial charge in [-0.3, -0.25) is 14.5 Å². The Labute approximate surface area is 193 Å². The van der Waals surface area contributed by atoms with Gasteiger partial charge in [-0.05, 0) is 30.2 Å². The van der Waals surface area contributed by atoms with Crippen LogP contribution in [0.3, 0.4) is 0 Å². The van der Waals surface area contributed by atoms with Crippen LogP contribution in [0.4, 0.5) is 0 Å². The van der Waals surface area contributed by atoms with Crippen molar-refractivity contribution in [3.8, 4) is 11.1 Å². The van der Waals surface area contributed by atoms with Gasteiger partial charge in [0.1, 0.15) is 9.88 Å². The van der Waals surface area contributed by atoms with E-state index in [1.807, 2.05) is 54.3 Å². The molecule has 166 valence electrons. The maximum Gasteiger partial charge on any atom is 0.265 e. The first-order valence-electron chi connectivity index (χ1n) is 10.8. The molecule has 2 heterocycles. The number of aryl methyl sites for hydroxylation is 1. The standard InChI is InChI=1S/C25H28N4O2S/c1-18-23(25(31)27(2)3)32-22(26-18)17-28-13-15-29(16-14-28)24(30)21-11-9-20(10-12-21)19-7-5-4-6-8-19/h4-12H,13-17H2,1-3H3. The van der Waals surface area contributed by atoms with Gasteiger partial charge in [-0.15, -0.1) is 11.3 Å². The van der Waals surface area contributed by atoms with Crippen LogP contribution in [0, 0.1) is 6.92 Å². The van der Waals surface area contributed by atoms with Crippen molar-refractivity contribution in [1.29, 1.82) is 0 Å². The molecular weight excluding hydrogens is 420 g/mol. The molecular formula is C25H28N4O2S. The van der Waals surface area contributed by atoms with Crippen molar-refractivity contribution in [2.45, 2.75) is 13.5 Å². The highest BCUT2D eigenvalue weighted by Crippen LogP contribution is 2.22. The molecule has 0 atom stereocenters. The van der Waals surface area contributed by atoms with E-state index in [0.717, 1.165) is 40.5 Å². The molecule has 4 rings (SSSR count). The van der Waals surface area contributed by atoms with E-state index in [2.05, 4.69) is 22.0 Å². The minimum absolute atomic E-state index is 0.0000473. The maximum absolute atomic E-state index is 13.0. The van der Waals surface area contributed by atoms with Crippen LogP contribution in [-0.2, 0) is 6.54 Å². The Morgan fingerprint density at radius 1 is 0.938 bits per heavy atom. The van der Waals surface area contributed by atoms with Crippen LogP contribution < -0.4 is 0 Å². The number of benzene rings is 2. The third kappa shape index (κ3) is 4.89. The molecule has 32 heavy (non-hydrogen) atoms. The molecule has 2 amide bonds. The topological polar surface area (TPSA) is 56.8 Å².